The molecule has 3 aliphatic carbocycles. The zero-order chi connectivity index (χ0) is 11.0. The first-order chi connectivity index (χ1) is 7.88. The van der Waals surface area contributed by atoms with E-state index in [-0.39, 0.29) is 0 Å². The smallest absolute Gasteiger partial charge is 0.124 e. The third kappa shape index (κ3) is 2.04. The summed E-state index contributed by atoms with van der Waals surface area (Å²) in [4.78, 5) is 11.4. The molecule has 4 unspecified atom stereocenters. The maximum absolute atomic E-state index is 11.4. The van der Waals surface area contributed by atoms with Crippen molar-refractivity contribution in [2.24, 2.45) is 17.8 Å². The first-order valence-corrected chi connectivity index (χ1v) is 7.10. The molecule has 0 amide bonds. The van der Waals surface area contributed by atoms with Crippen LogP contribution in [-0.2, 0) is 4.79 Å². The quantitative estimate of drug-likeness (QED) is 0.742. The van der Waals surface area contributed by atoms with E-state index in [1.807, 2.05) is 0 Å². The van der Waals surface area contributed by atoms with Gasteiger partial charge in [-0.25, -0.2) is 0 Å². The van der Waals surface area contributed by atoms with Gasteiger partial charge in [0, 0.05) is 18.0 Å². The summed E-state index contributed by atoms with van der Waals surface area (Å²) < 4.78 is 0. The topological polar surface area (TPSA) is 29.1 Å². The van der Waals surface area contributed by atoms with Gasteiger partial charge in [-0.3, -0.25) is 0 Å². The zero-order valence-corrected chi connectivity index (χ0v) is 10.0. The Labute approximate surface area is 98.2 Å². The second kappa shape index (κ2) is 4.48. The SMILES string of the molecule is O=CC1C(NC2CC2)CCC2CCCCC21. The summed E-state index contributed by atoms with van der Waals surface area (Å²) in [7, 11) is 0. The lowest BCUT2D eigenvalue weighted by Gasteiger charge is -2.43. The number of rotatable bonds is 3. The van der Waals surface area contributed by atoms with Crippen LogP contribution >= 0.6 is 0 Å². The molecule has 2 nitrogen and oxygen atoms in total. The lowest BCUT2D eigenvalue weighted by Crippen LogP contribution is -2.48. The third-order valence-electron chi connectivity index (χ3n) is 4.96. The van der Waals surface area contributed by atoms with E-state index in [2.05, 4.69) is 5.32 Å². The normalized spacial score (nSPS) is 43.8. The Hall–Kier alpha value is -0.370. The number of hydrogen-bond donors (Lipinski definition) is 1. The van der Waals surface area contributed by atoms with Gasteiger partial charge in [-0.05, 0) is 43.9 Å². The van der Waals surface area contributed by atoms with Gasteiger partial charge in [0.1, 0.15) is 6.29 Å². The Morgan fingerprint density at radius 1 is 0.938 bits per heavy atom. The Morgan fingerprint density at radius 2 is 1.75 bits per heavy atom. The van der Waals surface area contributed by atoms with E-state index in [0.717, 1.165) is 12.0 Å². The third-order valence-corrected chi connectivity index (χ3v) is 4.96. The summed E-state index contributed by atoms with van der Waals surface area (Å²) in [5.41, 5.74) is 0. The van der Waals surface area contributed by atoms with Gasteiger partial charge >= 0.3 is 0 Å². The van der Waals surface area contributed by atoms with Gasteiger partial charge in [0.2, 0.25) is 0 Å². The van der Waals surface area contributed by atoms with Crippen molar-refractivity contribution in [3.05, 3.63) is 0 Å². The van der Waals surface area contributed by atoms with Crippen LogP contribution in [0.25, 0.3) is 0 Å². The lowest BCUT2D eigenvalue weighted by atomic mass is 9.64. The van der Waals surface area contributed by atoms with E-state index in [1.165, 1.54) is 57.7 Å². The van der Waals surface area contributed by atoms with Gasteiger partial charge in [0.25, 0.3) is 0 Å². The van der Waals surface area contributed by atoms with Crippen molar-refractivity contribution in [2.45, 2.75) is 63.5 Å². The zero-order valence-electron chi connectivity index (χ0n) is 10.0. The summed E-state index contributed by atoms with van der Waals surface area (Å²) in [5.74, 6) is 1.89. The van der Waals surface area contributed by atoms with E-state index < -0.39 is 0 Å². The van der Waals surface area contributed by atoms with Crippen LogP contribution in [0.15, 0.2) is 0 Å². The molecule has 0 aromatic rings. The summed E-state index contributed by atoms with van der Waals surface area (Å²) in [5, 5.41) is 3.70. The Kier molecular flexibility index (Phi) is 3.01. The van der Waals surface area contributed by atoms with E-state index >= 15 is 0 Å². The van der Waals surface area contributed by atoms with Crippen LogP contribution in [0.4, 0.5) is 0 Å². The molecule has 0 radical (unpaired) electrons. The molecule has 16 heavy (non-hydrogen) atoms. The highest BCUT2D eigenvalue weighted by Crippen LogP contribution is 2.43. The molecule has 0 bridgehead atoms. The van der Waals surface area contributed by atoms with Gasteiger partial charge in [0.05, 0.1) is 0 Å². The molecule has 3 rings (SSSR count). The molecule has 3 saturated carbocycles. The van der Waals surface area contributed by atoms with Crippen molar-refractivity contribution in [2.75, 3.05) is 0 Å². The van der Waals surface area contributed by atoms with Gasteiger partial charge < -0.3 is 10.1 Å². The molecule has 0 heterocycles. The predicted octanol–water partition coefficient (Wildman–Crippen LogP) is 2.52. The predicted molar refractivity (Wildman–Crippen MR) is 64.2 cm³/mol. The van der Waals surface area contributed by atoms with Crippen LogP contribution in [0.3, 0.4) is 0 Å². The van der Waals surface area contributed by atoms with Crippen molar-refractivity contribution in [1.82, 2.24) is 5.32 Å². The standard InChI is InChI=1S/C14H23NO/c16-9-13-12-4-2-1-3-10(12)5-8-14(13)15-11-6-7-11/h9-15H,1-8H2. The van der Waals surface area contributed by atoms with Crippen molar-refractivity contribution >= 4 is 6.29 Å². The van der Waals surface area contributed by atoms with E-state index in [1.54, 1.807) is 0 Å². The van der Waals surface area contributed by atoms with E-state index in [4.69, 9.17) is 0 Å². The van der Waals surface area contributed by atoms with Crippen LogP contribution in [0.1, 0.15) is 51.4 Å². The molecule has 3 aliphatic rings. The molecule has 0 aromatic carbocycles. The average Bonchev–Trinajstić information content (AvgIpc) is 3.13. The maximum Gasteiger partial charge on any atom is 0.124 e. The minimum Gasteiger partial charge on any atom is -0.311 e. The Balaban J connectivity index is 1.68. The molecule has 3 fully saturated rings. The van der Waals surface area contributed by atoms with E-state index in [9.17, 15) is 4.79 Å². The molecule has 0 saturated heterocycles. The second-order valence-corrected chi connectivity index (χ2v) is 6.05. The number of carbonyl (C=O) groups excluding carboxylic acids is 1. The van der Waals surface area contributed by atoms with Gasteiger partial charge in [-0.15, -0.1) is 0 Å². The van der Waals surface area contributed by atoms with Gasteiger partial charge in [0.15, 0.2) is 0 Å². The second-order valence-electron chi connectivity index (χ2n) is 6.05. The average molecular weight is 221 g/mol. The lowest BCUT2D eigenvalue weighted by molar-refractivity contribution is -0.116. The molecular formula is C14H23NO. The highest BCUT2D eigenvalue weighted by atomic mass is 16.1. The van der Waals surface area contributed by atoms with Crippen molar-refractivity contribution in [3.63, 3.8) is 0 Å². The molecule has 90 valence electrons. The Morgan fingerprint density at radius 3 is 2.50 bits per heavy atom. The number of carbonyl (C=O) groups is 1. The largest absolute Gasteiger partial charge is 0.311 e. The van der Waals surface area contributed by atoms with Crippen LogP contribution in [0.2, 0.25) is 0 Å². The number of aldehydes is 1. The summed E-state index contributed by atoms with van der Waals surface area (Å²) in [6.07, 6.45) is 12.0. The summed E-state index contributed by atoms with van der Waals surface area (Å²) in [6.45, 7) is 0. The highest BCUT2D eigenvalue weighted by molar-refractivity contribution is 5.56. The molecule has 0 aliphatic heterocycles. The minimum atomic E-state index is 0.319. The minimum absolute atomic E-state index is 0.319. The van der Waals surface area contributed by atoms with Crippen molar-refractivity contribution in [1.29, 1.82) is 0 Å². The van der Waals surface area contributed by atoms with Gasteiger partial charge in [-0.1, -0.05) is 19.3 Å². The van der Waals surface area contributed by atoms with Crippen LogP contribution in [0.5, 0.6) is 0 Å². The molecule has 0 aromatic heterocycles. The highest BCUT2D eigenvalue weighted by Gasteiger charge is 2.41. The number of nitrogens with one attached hydrogen (secondary N) is 1. The fourth-order valence-corrected chi connectivity index (χ4v) is 3.93. The first-order valence-electron chi connectivity index (χ1n) is 7.10. The fourth-order valence-electron chi connectivity index (χ4n) is 3.93. The maximum atomic E-state index is 11.4. The molecule has 2 heteroatoms. The van der Waals surface area contributed by atoms with Crippen LogP contribution < -0.4 is 5.32 Å². The molecule has 4 atom stereocenters. The summed E-state index contributed by atoms with van der Waals surface area (Å²) in [6, 6.07) is 1.25. The monoisotopic (exact) mass is 221 g/mol. The number of hydrogen-bond acceptors (Lipinski definition) is 2. The van der Waals surface area contributed by atoms with Crippen molar-refractivity contribution < 1.29 is 4.79 Å². The van der Waals surface area contributed by atoms with Crippen molar-refractivity contribution in [3.8, 4) is 0 Å². The van der Waals surface area contributed by atoms with Crippen LogP contribution in [0, 0.1) is 17.8 Å². The first kappa shape index (κ1) is 10.8. The van der Waals surface area contributed by atoms with Gasteiger partial charge in [-0.2, -0.15) is 0 Å². The Bertz CT molecular complexity index is 261. The molecule has 1 N–H and O–H groups in total. The van der Waals surface area contributed by atoms with Crippen LogP contribution in [-0.4, -0.2) is 18.4 Å². The number of fused-ring (bicyclic) bond motifs is 1. The molecular weight excluding hydrogens is 198 g/mol. The summed E-state index contributed by atoms with van der Waals surface area (Å²) >= 11 is 0. The fraction of sp³-hybridized carbons (Fsp3) is 0.929. The van der Waals surface area contributed by atoms with E-state index in [0.29, 0.717) is 17.9 Å². The molecule has 0 spiro atoms.